The van der Waals surface area contributed by atoms with E-state index in [2.05, 4.69) is 0 Å². The van der Waals surface area contributed by atoms with Gasteiger partial charge in [-0.25, -0.2) is 4.79 Å². The third-order valence-electron chi connectivity index (χ3n) is 3.40. The molecule has 1 aliphatic carbocycles. The smallest absolute Gasteiger partial charge is 0.339 e. The first-order valence-electron chi connectivity index (χ1n) is 6.28. The average molecular weight is 250 g/mol. The molecule has 1 saturated carbocycles. The van der Waals surface area contributed by atoms with E-state index < -0.39 is 11.6 Å². The summed E-state index contributed by atoms with van der Waals surface area (Å²) < 4.78 is 5.51. The molecule has 1 aliphatic rings. The van der Waals surface area contributed by atoms with Crippen LogP contribution in [0, 0.1) is 0 Å². The van der Waals surface area contributed by atoms with Gasteiger partial charge in [0.15, 0.2) is 0 Å². The second kappa shape index (κ2) is 5.40. The van der Waals surface area contributed by atoms with Gasteiger partial charge in [-0.1, -0.05) is 31.4 Å². The molecular weight excluding hydrogens is 232 g/mol. The van der Waals surface area contributed by atoms with E-state index in [1.54, 1.807) is 18.2 Å². The standard InChI is InChI=1S/C14H18O4/c15-13(16)11-6-2-3-7-12(11)18-10-14(17)8-4-1-5-9-14/h2-3,6-7,17H,1,4-5,8-10H2,(H,15,16). The minimum Gasteiger partial charge on any atom is -0.490 e. The van der Waals surface area contributed by atoms with E-state index in [4.69, 9.17) is 9.84 Å². The normalized spacial score (nSPS) is 18.3. The van der Waals surface area contributed by atoms with Gasteiger partial charge >= 0.3 is 5.97 Å². The molecule has 2 N–H and O–H groups in total. The number of carboxylic acids is 1. The molecule has 0 radical (unpaired) electrons. The molecule has 98 valence electrons. The number of carbonyl (C=O) groups is 1. The summed E-state index contributed by atoms with van der Waals surface area (Å²) in [5.74, 6) is -0.690. The Morgan fingerprint density at radius 3 is 2.56 bits per heavy atom. The van der Waals surface area contributed by atoms with Gasteiger partial charge in [-0.05, 0) is 25.0 Å². The fourth-order valence-corrected chi connectivity index (χ4v) is 2.34. The number of hydrogen-bond acceptors (Lipinski definition) is 3. The molecule has 18 heavy (non-hydrogen) atoms. The first kappa shape index (κ1) is 12.9. The molecule has 0 heterocycles. The number of aromatic carboxylic acids is 1. The molecule has 2 rings (SSSR count). The lowest BCUT2D eigenvalue weighted by atomic mass is 9.85. The Hall–Kier alpha value is -1.55. The van der Waals surface area contributed by atoms with Crippen molar-refractivity contribution in [2.45, 2.75) is 37.7 Å². The Labute approximate surface area is 106 Å². The van der Waals surface area contributed by atoms with Gasteiger partial charge in [0.1, 0.15) is 17.9 Å². The predicted molar refractivity (Wildman–Crippen MR) is 66.9 cm³/mol. The van der Waals surface area contributed by atoms with Crippen LogP contribution >= 0.6 is 0 Å². The summed E-state index contributed by atoms with van der Waals surface area (Å²) in [5, 5.41) is 19.3. The van der Waals surface area contributed by atoms with Crippen LogP contribution in [0.25, 0.3) is 0 Å². The van der Waals surface area contributed by atoms with Gasteiger partial charge < -0.3 is 14.9 Å². The van der Waals surface area contributed by atoms with Gasteiger partial charge in [-0.2, -0.15) is 0 Å². The molecule has 0 bridgehead atoms. The van der Waals surface area contributed by atoms with E-state index in [1.165, 1.54) is 6.07 Å². The van der Waals surface area contributed by atoms with Crippen LogP contribution in [0.1, 0.15) is 42.5 Å². The van der Waals surface area contributed by atoms with Gasteiger partial charge in [0.05, 0.1) is 5.60 Å². The van der Waals surface area contributed by atoms with Crippen LogP contribution in [-0.4, -0.2) is 28.4 Å². The maximum Gasteiger partial charge on any atom is 0.339 e. The molecule has 1 fully saturated rings. The van der Waals surface area contributed by atoms with Crippen molar-refractivity contribution >= 4 is 5.97 Å². The SMILES string of the molecule is O=C(O)c1ccccc1OCC1(O)CCCCC1. The number of ether oxygens (including phenoxy) is 1. The van der Waals surface area contributed by atoms with Crippen molar-refractivity contribution in [2.75, 3.05) is 6.61 Å². The van der Waals surface area contributed by atoms with Gasteiger partial charge in [0.2, 0.25) is 0 Å². The van der Waals surface area contributed by atoms with E-state index in [-0.39, 0.29) is 12.2 Å². The zero-order valence-corrected chi connectivity index (χ0v) is 10.3. The molecular formula is C14H18O4. The lowest BCUT2D eigenvalue weighted by Crippen LogP contribution is -2.38. The van der Waals surface area contributed by atoms with E-state index >= 15 is 0 Å². The number of benzene rings is 1. The highest BCUT2D eigenvalue weighted by atomic mass is 16.5. The Kier molecular flexibility index (Phi) is 3.87. The molecule has 0 unspecified atom stereocenters. The Balaban J connectivity index is 2.03. The van der Waals surface area contributed by atoms with Gasteiger partial charge in [0, 0.05) is 0 Å². The van der Waals surface area contributed by atoms with Crippen LogP contribution in [0.5, 0.6) is 5.75 Å². The molecule has 1 aromatic carbocycles. The van der Waals surface area contributed by atoms with Crippen molar-refractivity contribution in [3.63, 3.8) is 0 Å². The maximum atomic E-state index is 11.0. The molecule has 4 heteroatoms. The summed E-state index contributed by atoms with van der Waals surface area (Å²) >= 11 is 0. The third kappa shape index (κ3) is 3.01. The van der Waals surface area contributed by atoms with Crippen LogP contribution in [0.15, 0.2) is 24.3 Å². The summed E-state index contributed by atoms with van der Waals surface area (Å²) in [6.45, 7) is 0.164. The van der Waals surface area contributed by atoms with Crippen LogP contribution in [0.3, 0.4) is 0 Å². The van der Waals surface area contributed by atoms with Gasteiger partial charge in [-0.15, -0.1) is 0 Å². The quantitative estimate of drug-likeness (QED) is 0.861. The molecule has 4 nitrogen and oxygen atoms in total. The number of rotatable bonds is 4. The predicted octanol–water partition coefficient (Wildman–Crippen LogP) is 2.46. The van der Waals surface area contributed by atoms with Crippen molar-refractivity contribution < 1.29 is 19.7 Å². The number of aliphatic hydroxyl groups is 1. The third-order valence-corrected chi connectivity index (χ3v) is 3.40. The first-order valence-corrected chi connectivity index (χ1v) is 6.28. The second-order valence-electron chi connectivity index (χ2n) is 4.87. The van der Waals surface area contributed by atoms with Crippen molar-refractivity contribution in [3.05, 3.63) is 29.8 Å². The summed E-state index contributed by atoms with van der Waals surface area (Å²) in [4.78, 5) is 11.0. The van der Waals surface area contributed by atoms with Crippen molar-refractivity contribution in [1.82, 2.24) is 0 Å². The van der Waals surface area contributed by atoms with Crippen LogP contribution in [0.4, 0.5) is 0 Å². The topological polar surface area (TPSA) is 66.8 Å². The van der Waals surface area contributed by atoms with Crippen molar-refractivity contribution in [1.29, 1.82) is 0 Å². The van der Waals surface area contributed by atoms with E-state index in [0.29, 0.717) is 5.75 Å². The van der Waals surface area contributed by atoms with Crippen molar-refractivity contribution in [2.24, 2.45) is 0 Å². The fraction of sp³-hybridized carbons (Fsp3) is 0.500. The molecule has 1 aromatic rings. The summed E-state index contributed by atoms with van der Waals surface area (Å²) in [7, 11) is 0. The van der Waals surface area contributed by atoms with Gasteiger partial charge in [0.25, 0.3) is 0 Å². The Morgan fingerprint density at radius 1 is 1.22 bits per heavy atom. The maximum absolute atomic E-state index is 11.0. The molecule has 0 aliphatic heterocycles. The zero-order valence-electron chi connectivity index (χ0n) is 10.3. The monoisotopic (exact) mass is 250 g/mol. The van der Waals surface area contributed by atoms with Crippen molar-refractivity contribution in [3.8, 4) is 5.75 Å². The molecule has 0 aromatic heterocycles. The molecule has 0 atom stereocenters. The lowest BCUT2D eigenvalue weighted by Gasteiger charge is -2.31. The fourth-order valence-electron chi connectivity index (χ4n) is 2.34. The number of carboxylic acid groups (broad SMARTS) is 1. The highest BCUT2D eigenvalue weighted by Crippen LogP contribution is 2.29. The summed E-state index contributed by atoms with van der Waals surface area (Å²) in [6.07, 6.45) is 4.60. The number of hydrogen-bond donors (Lipinski definition) is 2. The highest BCUT2D eigenvalue weighted by molar-refractivity contribution is 5.90. The van der Waals surface area contributed by atoms with E-state index in [0.717, 1.165) is 32.1 Å². The largest absolute Gasteiger partial charge is 0.490 e. The second-order valence-corrected chi connectivity index (χ2v) is 4.87. The minimum absolute atomic E-state index is 0.136. The molecule has 0 amide bonds. The Morgan fingerprint density at radius 2 is 1.89 bits per heavy atom. The van der Waals surface area contributed by atoms with E-state index in [1.807, 2.05) is 0 Å². The van der Waals surface area contributed by atoms with E-state index in [9.17, 15) is 9.90 Å². The van der Waals surface area contributed by atoms with Crippen LogP contribution in [0.2, 0.25) is 0 Å². The summed E-state index contributed by atoms with van der Waals surface area (Å²) in [6, 6.07) is 6.51. The first-order chi connectivity index (χ1) is 8.61. The minimum atomic E-state index is -1.01. The molecule has 0 saturated heterocycles. The van der Waals surface area contributed by atoms with Gasteiger partial charge in [-0.3, -0.25) is 0 Å². The molecule has 0 spiro atoms. The summed E-state index contributed by atoms with van der Waals surface area (Å²) in [5.41, 5.74) is -0.666. The lowest BCUT2D eigenvalue weighted by molar-refractivity contribution is -0.0341. The highest BCUT2D eigenvalue weighted by Gasteiger charge is 2.30. The zero-order chi connectivity index (χ0) is 13.0. The van der Waals surface area contributed by atoms with Crippen LogP contribution < -0.4 is 4.74 Å². The number of para-hydroxylation sites is 1. The Bertz CT molecular complexity index is 422. The average Bonchev–Trinajstić information content (AvgIpc) is 2.38. The van der Waals surface area contributed by atoms with Crippen LogP contribution in [-0.2, 0) is 0 Å².